The second-order valence-electron chi connectivity index (χ2n) is 6.03. The molecule has 0 bridgehead atoms. The Kier molecular flexibility index (Phi) is 5.78. The van der Waals surface area contributed by atoms with Gasteiger partial charge in [0.1, 0.15) is 0 Å². The van der Waals surface area contributed by atoms with Crippen LogP contribution in [0.5, 0.6) is 0 Å². The topological polar surface area (TPSA) is 86.7 Å². The van der Waals surface area contributed by atoms with Gasteiger partial charge in [0.15, 0.2) is 0 Å². The Hall–Kier alpha value is -1.44. The summed E-state index contributed by atoms with van der Waals surface area (Å²) in [5.74, 6) is -0.0828. The maximum Gasteiger partial charge on any atom is 0.240 e. The third-order valence-corrected chi connectivity index (χ3v) is 5.68. The minimum atomic E-state index is -3.61. The van der Waals surface area contributed by atoms with Gasteiger partial charge in [0, 0.05) is 26.1 Å². The van der Waals surface area contributed by atoms with Crippen molar-refractivity contribution in [3.05, 3.63) is 29.3 Å². The lowest BCUT2D eigenvalue weighted by Crippen LogP contribution is -2.41. The molecule has 1 aliphatic rings. The highest BCUT2D eigenvalue weighted by molar-refractivity contribution is 7.89. The molecule has 128 valence electrons. The van der Waals surface area contributed by atoms with E-state index < -0.39 is 10.0 Å². The summed E-state index contributed by atoms with van der Waals surface area (Å²) in [6.45, 7) is 4.73. The van der Waals surface area contributed by atoms with Crippen molar-refractivity contribution >= 4 is 15.9 Å². The molecule has 2 N–H and O–H groups in total. The molecule has 0 atom stereocenters. The molecular weight excluding hydrogens is 316 g/mol. The van der Waals surface area contributed by atoms with Crippen molar-refractivity contribution in [1.29, 1.82) is 0 Å². The van der Waals surface area contributed by atoms with Gasteiger partial charge in [-0.25, -0.2) is 13.1 Å². The van der Waals surface area contributed by atoms with Crippen LogP contribution in [-0.2, 0) is 14.8 Å². The lowest BCUT2D eigenvalue weighted by molar-refractivity contribution is -0.132. The third kappa shape index (κ3) is 4.76. The van der Waals surface area contributed by atoms with Gasteiger partial charge in [0.25, 0.3) is 0 Å². The Labute approximate surface area is 137 Å². The Morgan fingerprint density at radius 3 is 2.61 bits per heavy atom. The van der Waals surface area contributed by atoms with Crippen LogP contribution in [0.1, 0.15) is 30.4 Å². The highest BCUT2D eigenvalue weighted by Gasteiger charge is 2.22. The number of likely N-dealkylation sites (tertiary alicyclic amines) is 1. The zero-order chi connectivity index (χ0) is 17.0. The number of rotatable bonds is 5. The van der Waals surface area contributed by atoms with Gasteiger partial charge in [-0.1, -0.05) is 12.1 Å². The fourth-order valence-corrected chi connectivity index (χ4v) is 4.00. The Morgan fingerprint density at radius 2 is 1.96 bits per heavy atom. The molecule has 2 rings (SSSR count). The summed E-state index contributed by atoms with van der Waals surface area (Å²) in [7, 11) is -3.61. The highest BCUT2D eigenvalue weighted by Crippen LogP contribution is 2.16. The van der Waals surface area contributed by atoms with Gasteiger partial charge < -0.3 is 10.0 Å². The summed E-state index contributed by atoms with van der Waals surface area (Å²) in [6.07, 6.45) is 0.960. The number of nitrogens with zero attached hydrogens (tertiary/aromatic N) is 1. The number of aliphatic hydroxyl groups is 1. The van der Waals surface area contributed by atoms with Gasteiger partial charge in [0.05, 0.1) is 11.0 Å². The minimum absolute atomic E-state index is 0.0770. The van der Waals surface area contributed by atoms with Crippen LogP contribution in [0.15, 0.2) is 23.1 Å². The lowest BCUT2D eigenvalue weighted by atomic mass is 10.1. The molecule has 0 aromatic heterocycles. The Balaban J connectivity index is 1.90. The van der Waals surface area contributed by atoms with Gasteiger partial charge >= 0.3 is 0 Å². The van der Waals surface area contributed by atoms with Crippen LogP contribution < -0.4 is 4.72 Å². The van der Waals surface area contributed by atoms with Crippen molar-refractivity contribution in [3.63, 3.8) is 0 Å². The van der Waals surface area contributed by atoms with E-state index in [9.17, 15) is 18.3 Å². The van der Waals surface area contributed by atoms with E-state index in [0.717, 1.165) is 5.56 Å². The molecule has 1 saturated heterocycles. The average molecular weight is 340 g/mol. The summed E-state index contributed by atoms with van der Waals surface area (Å²) in [5, 5.41) is 9.44. The SMILES string of the molecule is Cc1ccc(C)c(S(=O)(=O)NCCC(=O)N2CCC(O)CC2)c1. The summed E-state index contributed by atoms with van der Waals surface area (Å²) in [4.78, 5) is 14.0. The first-order valence-corrected chi connectivity index (χ1v) is 9.30. The number of benzene rings is 1. The third-order valence-electron chi connectivity index (χ3n) is 4.08. The number of carbonyl (C=O) groups is 1. The summed E-state index contributed by atoms with van der Waals surface area (Å²) < 4.78 is 27.2. The van der Waals surface area contributed by atoms with Gasteiger partial charge in [-0.2, -0.15) is 0 Å². The van der Waals surface area contributed by atoms with Gasteiger partial charge in [0.2, 0.25) is 15.9 Å². The molecule has 1 aromatic carbocycles. The zero-order valence-electron chi connectivity index (χ0n) is 13.6. The smallest absolute Gasteiger partial charge is 0.240 e. The number of nitrogens with one attached hydrogen (secondary N) is 1. The van der Waals surface area contributed by atoms with E-state index >= 15 is 0 Å². The second kappa shape index (κ2) is 7.42. The Morgan fingerprint density at radius 1 is 1.30 bits per heavy atom. The van der Waals surface area contributed by atoms with Crippen LogP contribution in [0.4, 0.5) is 0 Å². The largest absolute Gasteiger partial charge is 0.393 e. The lowest BCUT2D eigenvalue weighted by Gasteiger charge is -2.29. The van der Waals surface area contributed by atoms with Crippen molar-refractivity contribution in [2.24, 2.45) is 0 Å². The molecule has 1 aliphatic heterocycles. The summed E-state index contributed by atoms with van der Waals surface area (Å²) >= 11 is 0. The van der Waals surface area contributed by atoms with Crippen LogP contribution in [0, 0.1) is 13.8 Å². The average Bonchev–Trinajstić information content (AvgIpc) is 2.50. The van der Waals surface area contributed by atoms with Crippen molar-refractivity contribution in [2.75, 3.05) is 19.6 Å². The number of hydrogen-bond donors (Lipinski definition) is 2. The van der Waals surface area contributed by atoms with Crippen LogP contribution in [-0.4, -0.2) is 50.1 Å². The number of hydrogen-bond acceptors (Lipinski definition) is 4. The standard InChI is InChI=1S/C16H24N2O4S/c1-12-3-4-13(2)15(11-12)23(21,22)17-8-5-16(20)18-9-6-14(19)7-10-18/h3-4,11,14,17,19H,5-10H2,1-2H3. The van der Waals surface area contributed by atoms with E-state index in [1.54, 1.807) is 24.0 Å². The molecule has 23 heavy (non-hydrogen) atoms. The first kappa shape index (κ1) is 17.9. The molecule has 0 saturated carbocycles. The number of carbonyl (C=O) groups excluding carboxylic acids is 1. The minimum Gasteiger partial charge on any atom is -0.393 e. The van der Waals surface area contributed by atoms with Gasteiger partial charge in [-0.3, -0.25) is 4.79 Å². The number of piperidine rings is 1. The molecule has 0 spiro atoms. The van der Waals surface area contributed by atoms with Crippen LogP contribution in [0.25, 0.3) is 0 Å². The molecular formula is C16H24N2O4S. The highest BCUT2D eigenvalue weighted by atomic mass is 32.2. The number of aliphatic hydroxyl groups excluding tert-OH is 1. The van der Waals surface area contributed by atoms with Crippen molar-refractivity contribution < 1.29 is 18.3 Å². The number of aryl methyl sites for hydroxylation is 2. The van der Waals surface area contributed by atoms with Gasteiger partial charge in [-0.15, -0.1) is 0 Å². The molecule has 0 unspecified atom stereocenters. The molecule has 0 radical (unpaired) electrons. The second-order valence-corrected chi connectivity index (χ2v) is 7.76. The molecule has 6 nitrogen and oxygen atoms in total. The molecule has 1 aromatic rings. The first-order chi connectivity index (χ1) is 10.8. The molecule has 7 heteroatoms. The number of sulfonamides is 1. The predicted octanol–water partition coefficient (Wildman–Crippen LogP) is 0.955. The quantitative estimate of drug-likeness (QED) is 0.836. The fourth-order valence-electron chi connectivity index (χ4n) is 2.64. The fraction of sp³-hybridized carbons (Fsp3) is 0.562. The molecule has 1 fully saturated rings. The van der Waals surface area contributed by atoms with Gasteiger partial charge in [-0.05, 0) is 43.9 Å². The molecule has 0 aliphatic carbocycles. The first-order valence-electron chi connectivity index (χ1n) is 7.82. The van der Waals surface area contributed by atoms with E-state index in [-0.39, 0.29) is 29.9 Å². The van der Waals surface area contributed by atoms with E-state index in [1.165, 1.54) is 0 Å². The van der Waals surface area contributed by atoms with E-state index in [1.807, 2.05) is 13.0 Å². The zero-order valence-corrected chi connectivity index (χ0v) is 14.4. The van der Waals surface area contributed by atoms with E-state index in [4.69, 9.17) is 0 Å². The summed E-state index contributed by atoms with van der Waals surface area (Å²) in [5.41, 5.74) is 1.55. The monoisotopic (exact) mass is 340 g/mol. The molecule has 1 heterocycles. The van der Waals surface area contributed by atoms with Crippen LogP contribution in [0.2, 0.25) is 0 Å². The molecule has 1 amide bonds. The van der Waals surface area contributed by atoms with E-state index in [0.29, 0.717) is 31.5 Å². The van der Waals surface area contributed by atoms with Crippen molar-refractivity contribution in [3.8, 4) is 0 Å². The predicted molar refractivity (Wildman–Crippen MR) is 87.5 cm³/mol. The normalized spacial score (nSPS) is 16.6. The van der Waals surface area contributed by atoms with Crippen LogP contribution in [0.3, 0.4) is 0 Å². The maximum atomic E-state index is 12.3. The number of amides is 1. The van der Waals surface area contributed by atoms with Crippen molar-refractivity contribution in [2.45, 2.75) is 44.1 Å². The van der Waals surface area contributed by atoms with Crippen LogP contribution >= 0.6 is 0 Å². The van der Waals surface area contributed by atoms with E-state index in [2.05, 4.69) is 4.72 Å². The summed E-state index contributed by atoms with van der Waals surface area (Å²) in [6, 6.07) is 5.27. The Bertz CT molecular complexity index is 665. The van der Waals surface area contributed by atoms with Crippen molar-refractivity contribution in [1.82, 2.24) is 9.62 Å². The maximum absolute atomic E-state index is 12.3.